The first kappa shape index (κ1) is 25.5. The van der Waals surface area contributed by atoms with Crippen molar-refractivity contribution in [2.24, 2.45) is 0 Å². The van der Waals surface area contributed by atoms with Crippen molar-refractivity contribution in [1.82, 2.24) is 4.98 Å². The van der Waals surface area contributed by atoms with Gasteiger partial charge < -0.3 is 24.8 Å². The molecule has 0 radical (unpaired) electrons. The molecule has 2 rings (SSSR count). The Morgan fingerprint density at radius 2 is 1.84 bits per heavy atom. The van der Waals surface area contributed by atoms with Crippen LogP contribution in [0.2, 0.25) is 0 Å². The van der Waals surface area contributed by atoms with Crippen molar-refractivity contribution in [3.8, 4) is 17.0 Å². The van der Waals surface area contributed by atoms with Gasteiger partial charge in [-0.2, -0.15) is 0 Å². The molecule has 8 heteroatoms. The Kier molecular flexibility index (Phi) is 9.31. The lowest BCUT2D eigenvalue weighted by Gasteiger charge is -2.20. The Labute approximate surface area is 187 Å². The first-order valence-electron chi connectivity index (χ1n) is 10.3. The minimum Gasteiger partial charge on any atom is -0.481 e. The Morgan fingerprint density at radius 3 is 2.38 bits per heavy atom. The molecule has 1 heterocycles. The zero-order chi connectivity index (χ0) is 23.8. The van der Waals surface area contributed by atoms with Crippen LogP contribution in [0.3, 0.4) is 0 Å². The van der Waals surface area contributed by atoms with Crippen LogP contribution in [0.1, 0.15) is 49.4 Å². The standard InChI is InChI=1S/C24H30FNO6/c1-14(2)23-19(10-9-17(28)11-18(29)12-21(30)31-3)22(15-5-7-16(25)8-6-15)20(13-27)24(26-23)32-4/h5-10,14,17-18,27-29H,11-13H2,1-4H3/b10-9+/t17-,18-/m1/s1. The molecule has 0 fully saturated rings. The third-order valence-electron chi connectivity index (χ3n) is 4.99. The monoisotopic (exact) mass is 447 g/mol. The van der Waals surface area contributed by atoms with E-state index >= 15 is 0 Å². The van der Waals surface area contributed by atoms with Crippen LogP contribution in [-0.4, -0.2) is 52.7 Å². The molecule has 2 atom stereocenters. The summed E-state index contributed by atoms with van der Waals surface area (Å²) in [6.45, 7) is 3.54. The average molecular weight is 448 g/mol. The van der Waals surface area contributed by atoms with E-state index in [1.165, 1.54) is 32.4 Å². The number of halogens is 1. The minimum atomic E-state index is -1.06. The van der Waals surface area contributed by atoms with Crippen LogP contribution in [0.5, 0.6) is 5.88 Å². The van der Waals surface area contributed by atoms with Crippen LogP contribution in [0.15, 0.2) is 30.3 Å². The number of aliphatic hydroxyl groups is 3. The van der Waals surface area contributed by atoms with Gasteiger partial charge in [0.1, 0.15) is 5.82 Å². The summed E-state index contributed by atoms with van der Waals surface area (Å²) in [5, 5.41) is 30.4. The maximum absolute atomic E-state index is 13.5. The fraction of sp³-hybridized carbons (Fsp3) is 0.417. The number of aliphatic hydroxyl groups excluding tert-OH is 3. The predicted molar refractivity (Wildman–Crippen MR) is 118 cm³/mol. The number of carbonyl (C=O) groups is 1. The van der Waals surface area contributed by atoms with Crippen LogP contribution in [0.4, 0.5) is 4.39 Å². The molecule has 0 aliphatic rings. The van der Waals surface area contributed by atoms with Gasteiger partial charge in [0.15, 0.2) is 0 Å². The molecular weight excluding hydrogens is 417 g/mol. The summed E-state index contributed by atoms with van der Waals surface area (Å²) in [6, 6.07) is 5.84. The molecule has 1 aromatic carbocycles. The highest BCUT2D eigenvalue weighted by Gasteiger charge is 2.22. The number of aromatic nitrogens is 1. The summed E-state index contributed by atoms with van der Waals surface area (Å²) in [6.07, 6.45) is 0.753. The summed E-state index contributed by atoms with van der Waals surface area (Å²) in [7, 11) is 2.69. The highest BCUT2D eigenvalue weighted by Crippen LogP contribution is 2.38. The van der Waals surface area contributed by atoms with Gasteiger partial charge in [-0.05, 0) is 23.6 Å². The fourth-order valence-electron chi connectivity index (χ4n) is 3.43. The summed E-state index contributed by atoms with van der Waals surface area (Å²) < 4.78 is 23.5. The molecule has 3 N–H and O–H groups in total. The lowest BCUT2D eigenvalue weighted by Crippen LogP contribution is -2.20. The van der Waals surface area contributed by atoms with Gasteiger partial charge in [-0.15, -0.1) is 0 Å². The van der Waals surface area contributed by atoms with Crippen molar-refractivity contribution >= 4 is 12.0 Å². The van der Waals surface area contributed by atoms with Gasteiger partial charge in [0.2, 0.25) is 5.88 Å². The smallest absolute Gasteiger partial charge is 0.308 e. The molecule has 0 amide bonds. The van der Waals surface area contributed by atoms with Crippen LogP contribution < -0.4 is 4.74 Å². The number of hydrogen-bond donors (Lipinski definition) is 3. The molecule has 7 nitrogen and oxygen atoms in total. The molecule has 0 saturated carbocycles. The molecule has 0 bridgehead atoms. The second-order valence-electron chi connectivity index (χ2n) is 7.69. The highest BCUT2D eigenvalue weighted by atomic mass is 19.1. The van der Waals surface area contributed by atoms with Gasteiger partial charge in [0, 0.05) is 23.1 Å². The molecule has 0 saturated heterocycles. The van der Waals surface area contributed by atoms with E-state index in [1.807, 2.05) is 13.8 Å². The van der Waals surface area contributed by atoms with Crippen molar-refractivity contribution in [1.29, 1.82) is 0 Å². The van der Waals surface area contributed by atoms with E-state index in [0.29, 0.717) is 27.9 Å². The van der Waals surface area contributed by atoms with Crippen molar-refractivity contribution in [3.05, 3.63) is 53.0 Å². The van der Waals surface area contributed by atoms with E-state index < -0.39 is 24.0 Å². The number of hydrogen-bond acceptors (Lipinski definition) is 7. The third kappa shape index (κ3) is 6.35. The number of esters is 1. The number of rotatable bonds is 10. The zero-order valence-corrected chi connectivity index (χ0v) is 18.7. The Morgan fingerprint density at radius 1 is 1.19 bits per heavy atom. The molecule has 2 aromatic rings. The van der Waals surface area contributed by atoms with Gasteiger partial charge in [-0.3, -0.25) is 4.79 Å². The van der Waals surface area contributed by atoms with Crippen molar-refractivity contribution in [2.75, 3.05) is 14.2 Å². The van der Waals surface area contributed by atoms with Crippen molar-refractivity contribution < 1.29 is 34.0 Å². The second-order valence-corrected chi connectivity index (χ2v) is 7.69. The van der Waals surface area contributed by atoms with E-state index in [1.54, 1.807) is 18.2 Å². The van der Waals surface area contributed by atoms with Crippen LogP contribution in [0.25, 0.3) is 17.2 Å². The Bertz CT molecular complexity index is 942. The van der Waals surface area contributed by atoms with E-state index in [9.17, 15) is 24.5 Å². The normalized spacial score (nSPS) is 13.4. The predicted octanol–water partition coefficient (Wildman–Crippen LogP) is 3.20. The van der Waals surface area contributed by atoms with E-state index in [4.69, 9.17) is 4.74 Å². The molecule has 32 heavy (non-hydrogen) atoms. The van der Waals surface area contributed by atoms with Gasteiger partial charge >= 0.3 is 5.97 Å². The fourth-order valence-corrected chi connectivity index (χ4v) is 3.43. The zero-order valence-electron chi connectivity index (χ0n) is 18.7. The van der Waals surface area contributed by atoms with Crippen molar-refractivity contribution in [3.63, 3.8) is 0 Å². The van der Waals surface area contributed by atoms with Gasteiger partial charge in [-0.25, -0.2) is 9.37 Å². The molecule has 0 spiro atoms. The number of nitrogens with zero attached hydrogens (tertiary/aromatic N) is 1. The molecule has 174 valence electrons. The quantitative estimate of drug-likeness (QED) is 0.480. The van der Waals surface area contributed by atoms with Gasteiger partial charge in [0.05, 0.1) is 45.1 Å². The number of ether oxygens (including phenoxy) is 2. The molecule has 0 aliphatic heterocycles. The summed E-state index contributed by atoms with van der Waals surface area (Å²) in [5.41, 5.74) is 3.00. The first-order chi connectivity index (χ1) is 15.2. The Hall–Kier alpha value is -2.81. The lowest BCUT2D eigenvalue weighted by molar-refractivity contribution is -0.143. The molecule has 0 aliphatic carbocycles. The number of carbonyl (C=O) groups excluding carboxylic acids is 1. The lowest BCUT2D eigenvalue weighted by atomic mass is 9.90. The minimum absolute atomic E-state index is 0.0300. The molecular formula is C24H30FNO6. The summed E-state index contributed by atoms with van der Waals surface area (Å²) in [5.74, 6) is -0.725. The largest absolute Gasteiger partial charge is 0.481 e. The maximum atomic E-state index is 13.5. The van der Waals surface area contributed by atoms with Gasteiger partial charge in [0.25, 0.3) is 0 Å². The summed E-state index contributed by atoms with van der Waals surface area (Å²) in [4.78, 5) is 15.9. The van der Waals surface area contributed by atoms with E-state index in [-0.39, 0.29) is 31.2 Å². The number of pyridine rings is 1. The summed E-state index contributed by atoms with van der Waals surface area (Å²) >= 11 is 0. The molecule has 0 unspecified atom stereocenters. The number of benzene rings is 1. The topological polar surface area (TPSA) is 109 Å². The SMILES string of the molecule is COC(=O)C[C@H](O)C[C@H](O)/C=C/c1c(C(C)C)nc(OC)c(CO)c1-c1ccc(F)cc1. The van der Waals surface area contributed by atoms with Crippen molar-refractivity contribution in [2.45, 2.75) is 51.4 Å². The number of methoxy groups -OCH3 is 2. The second kappa shape index (κ2) is 11.7. The maximum Gasteiger partial charge on any atom is 0.308 e. The third-order valence-corrected chi connectivity index (χ3v) is 4.99. The van der Waals surface area contributed by atoms with Gasteiger partial charge in [-0.1, -0.05) is 38.1 Å². The Balaban J connectivity index is 2.55. The highest BCUT2D eigenvalue weighted by molar-refractivity contribution is 5.81. The average Bonchev–Trinajstić information content (AvgIpc) is 2.76. The van der Waals surface area contributed by atoms with Crippen LogP contribution in [-0.2, 0) is 16.1 Å². The van der Waals surface area contributed by atoms with Crippen LogP contribution in [0, 0.1) is 5.82 Å². The first-order valence-corrected chi connectivity index (χ1v) is 10.3. The molecule has 1 aromatic heterocycles. The van der Waals surface area contributed by atoms with E-state index in [2.05, 4.69) is 9.72 Å². The van der Waals surface area contributed by atoms with Crippen LogP contribution >= 0.6 is 0 Å². The van der Waals surface area contributed by atoms with E-state index in [0.717, 1.165) is 0 Å².